The molecule has 0 fully saturated rings. The number of aromatic nitrogens is 1. The highest BCUT2D eigenvalue weighted by Crippen LogP contribution is 2.33. The molecule has 0 atom stereocenters. The number of anilines is 1. The van der Waals surface area contributed by atoms with E-state index in [1.165, 1.54) is 12.1 Å². The Hall–Kier alpha value is -2.30. The molecule has 1 aromatic heterocycles. The van der Waals surface area contributed by atoms with Crippen LogP contribution in [-0.4, -0.2) is 11.6 Å². The lowest BCUT2D eigenvalue weighted by atomic mass is 10.2. The Morgan fingerprint density at radius 1 is 1.26 bits per heavy atom. The first-order chi connectivity index (χ1) is 9.10. The Balaban J connectivity index is 2.28. The standard InChI is InChI=1S/C14H15FN2O2/c1-3-18-13-7-14(12(16)6-11(13)15)19-10-5-4-9(2)17-8-10/h4-8H,3,16H2,1-2H3. The Morgan fingerprint density at radius 3 is 2.68 bits per heavy atom. The maximum atomic E-state index is 13.5. The molecule has 0 radical (unpaired) electrons. The summed E-state index contributed by atoms with van der Waals surface area (Å²) in [5.41, 5.74) is 6.82. The van der Waals surface area contributed by atoms with E-state index in [0.29, 0.717) is 18.1 Å². The Labute approximate surface area is 111 Å². The second kappa shape index (κ2) is 5.56. The third-order valence-electron chi connectivity index (χ3n) is 2.48. The van der Waals surface area contributed by atoms with Crippen molar-refractivity contribution in [3.63, 3.8) is 0 Å². The molecule has 0 saturated carbocycles. The van der Waals surface area contributed by atoms with E-state index in [2.05, 4.69) is 4.98 Å². The molecule has 2 rings (SSSR count). The molecule has 5 heteroatoms. The molecule has 2 aromatic rings. The van der Waals surface area contributed by atoms with Crippen LogP contribution in [0.3, 0.4) is 0 Å². The van der Waals surface area contributed by atoms with Crippen molar-refractivity contribution in [3.8, 4) is 17.2 Å². The van der Waals surface area contributed by atoms with Gasteiger partial charge in [0, 0.05) is 17.8 Å². The van der Waals surface area contributed by atoms with Crippen LogP contribution in [0.5, 0.6) is 17.2 Å². The number of hydrogen-bond donors (Lipinski definition) is 1. The van der Waals surface area contributed by atoms with Crippen molar-refractivity contribution in [1.29, 1.82) is 0 Å². The van der Waals surface area contributed by atoms with Crippen LogP contribution in [0, 0.1) is 12.7 Å². The third-order valence-corrected chi connectivity index (χ3v) is 2.48. The quantitative estimate of drug-likeness (QED) is 0.859. The van der Waals surface area contributed by atoms with E-state index in [-0.39, 0.29) is 11.4 Å². The fourth-order valence-corrected chi connectivity index (χ4v) is 1.55. The molecule has 0 saturated heterocycles. The van der Waals surface area contributed by atoms with Crippen LogP contribution in [-0.2, 0) is 0 Å². The predicted octanol–water partition coefficient (Wildman–Crippen LogP) is 3.30. The summed E-state index contributed by atoms with van der Waals surface area (Å²) in [6.07, 6.45) is 1.58. The third kappa shape index (κ3) is 3.13. The topological polar surface area (TPSA) is 57.4 Å². The van der Waals surface area contributed by atoms with Crippen molar-refractivity contribution in [2.45, 2.75) is 13.8 Å². The van der Waals surface area contributed by atoms with Crippen molar-refractivity contribution in [3.05, 3.63) is 42.0 Å². The fraction of sp³-hybridized carbons (Fsp3) is 0.214. The number of halogens is 1. The highest BCUT2D eigenvalue weighted by Gasteiger charge is 2.10. The Bertz CT molecular complexity index is 570. The maximum Gasteiger partial charge on any atom is 0.167 e. The van der Waals surface area contributed by atoms with Gasteiger partial charge in [-0.25, -0.2) is 4.39 Å². The second-order valence-electron chi connectivity index (χ2n) is 3.99. The van der Waals surface area contributed by atoms with Crippen LogP contribution in [0.25, 0.3) is 0 Å². The van der Waals surface area contributed by atoms with Gasteiger partial charge >= 0.3 is 0 Å². The normalized spacial score (nSPS) is 10.3. The largest absolute Gasteiger partial charge is 0.491 e. The van der Waals surface area contributed by atoms with Gasteiger partial charge in [-0.3, -0.25) is 4.98 Å². The smallest absolute Gasteiger partial charge is 0.167 e. The van der Waals surface area contributed by atoms with Gasteiger partial charge in [-0.15, -0.1) is 0 Å². The van der Waals surface area contributed by atoms with Gasteiger partial charge in [0.1, 0.15) is 5.75 Å². The molecule has 4 nitrogen and oxygen atoms in total. The van der Waals surface area contributed by atoms with Crippen LogP contribution in [0.4, 0.5) is 10.1 Å². The Morgan fingerprint density at radius 2 is 2.05 bits per heavy atom. The van der Waals surface area contributed by atoms with Gasteiger partial charge < -0.3 is 15.2 Å². The number of aryl methyl sites for hydroxylation is 1. The minimum Gasteiger partial charge on any atom is -0.491 e. The summed E-state index contributed by atoms with van der Waals surface area (Å²) < 4.78 is 24.3. The van der Waals surface area contributed by atoms with Crippen LogP contribution in [0.15, 0.2) is 30.5 Å². The van der Waals surface area contributed by atoms with Crippen LogP contribution in [0.2, 0.25) is 0 Å². The number of pyridine rings is 1. The van der Waals surface area contributed by atoms with Crippen molar-refractivity contribution in [1.82, 2.24) is 4.98 Å². The molecule has 100 valence electrons. The van der Waals surface area contributed by atoms with E-state index in [9.17, 15) is 4.39 Å². The first kappa shape index (κ1) is 13.1. The van der Waals surface area contributed by atoms with E-state index in [1.54, 1.807) is 19.2 Å². The van der Waals surface area contributed by atoms with E-state index in [4.69, 9.17) is 15.2 Å². The van der Waals surface area contributed by atoms with E-state index >= 15 is 0 Å². The minimum atomic E-state index is -0.506. The van der Waals surface area contributed by atoms with Gasteiger partial charge in [0.15, 0.2) is 17.3 Å². The Kier molecular flexibility index (Phi) is 3.85. The van der Waals surface area contributed by atoms with Crippen LogP contribution in [0.1, 0.15) is 12.6 Å². The van der Waals surface area contributed by atoms with Gasteiger partial charge in [0.05, 0.1) is 18.5 Å². The molecular weight excluding hydrogens is 247 g/mol. The number of ether oxygens (including phenoxy) is 2. The van der Waals surface area contributed by atoms with Gasteiger partial charge in [-0.1, -0.05) is 0 Å². The summed E-state index contributed by atoms with van der Waals surface area (Å²) in [7, 11) is 0. The molecule has 0 aliphatic rings. The lowest BCUT2D eigenvalue weighted by Crippen LogP contribution is -1.99. The van der Waals surface area contributed by atoms with Crippen molar-refractivity contribution in [2.75, 3.05) is 12.3 Å². The first-order valence-corrected chi connectivity index (χ1v) is 5.92. The zero-order chi connectivity index (χ0) is 13.8. The monoisotopic (exact) mass is 262 g/mol. The van der Waals surface area contributed by atoms with Crippen molar-refractivity contribution >= 4 is 5.69 Å². The van der Waals surface area contributed by atoms with Crippen LogP contribution >= 0.6 is 0 Å². The molecule has 0 unspecified atom stereocenters. The van der Waals surface area contributed by atoms with Crippen molar-refractivity contribution < 1.29 is 13.9 Å². The molecule has 0 aliphatic carbocycles. The number of nitrogens with two attached hydrogens (primary N) is 1. The SMILES string of the molecule is CCOc1cc(Oc2ccc(C)nc2)c(N)cc1F. The second-order valence-corrected chi connectivity index (χ2v) is 3.99. The number of hydrogen-bond acceptors (Lipinski definition) is 4. The van der Waals surface area contributed by atoms with Gasteiger partial charge in [0.2, 0.25) is 0 Å². The number of nitrogen functional groups attached to an aromatic ring is 1. The van der Waals surface area contributed by atoms with Gasteiger partial charge in [-0.05, 0) is 26.0 Å². The van der Waals surface area contributed by atoms with E-state index in [0.717, 1.165) is 5.69 Å². The highest BCUT2D eigenvalue weighted by molar-refractivity contribution is 5.57. The lowest BCUT2D eigenvalue weighted by molar-refractivity contribution is 0.319. The molecule has 0 spiro atoms. The zero-order valence-corrected chi connectivity index (χ0v) is 10.8. The van der Waals surface area contributed by atoms with E-state index in [1.807, 2.05) is 13.0 Å². The molecule has 19 heavy (non-hydrogen) atoms. The summed E-state index contributed by atoms with van der Waals surface area (Å²) in [4.78, 5) is 4.11. The molecule has 0 amide bonds. The molecule has 0 aliphatic heterocycles. The van der Waals surface area contributed by atoms with Crippen LogP contribution < -0.4 is 15.2 Å². The number of rotatable bonds is 4. The summed E-state index contributed by atoms with van der Waals surface area (Å²) in [5.74, 6) is 0.488. The lowest BCUT2D eigenvalue weighted by Gasteiger charge is -2.11. The fourth-order valence-electron chi connectivity index (χ4n) is 1.55. The molecule has 2 N–H and O–H groups in total. The summed E-state index contributed by atoms with van der Waals surface area (Å²) in [6.45, 7) is 4.02. The van der Waals surface area contributed by atoms with Crippen molar-refractivity contribution in [2.24, 2.45) is 0 Å². The van der Waals surface area contributed by atoms with Gasteiger partial charge in [0.25, 0.3) is 0 Å². The highest BCUT2D eigenvalue weighted by atomic mass is 19.1. The molecule has 1 aromatic carbocycles. The van der Waals surface area contributed by atoms with Gasteiger partial charge in [-0.2, -0.15) is 0 Å². The molecular formula is C14H15FN2O2. The maximum absolute atomic E-state index is 13.5. The average Bonchev–Trinajstić information content (AvgIpc) is 2.38. The molecule has 0 bridgehead atoms. The minimum absolute atomic E-state index is 0.117. The number of benzene rings is 1. The summed E-state index contributed by atoms with van der Waals surface area (Å²) >= 11 is 0. The summed E-state index contributed by atoms with van der Waals surface area (Å²) in [6, 6.07) is 6.21. The average molecular weight is 262 g/mol. The molecule has 1 heterocycles. The summed E-state index contributed by atoms with van der Waals surface area (Å²) in [5, 5.41) is 0. The number of nitrogens with zero attached hydrogens (tertiary/aromatic N) is 1. The predicted molar refractivity (Wildman–Crippen MR) is 71.0 cm³/mol. The zero-order valence-electron chi connectivity index (χ0n) is 10.8. The van der Waals surface area contributed by atoms with E-state index < -0.39 is 5.82 Å². The first-order valence-electron chi connectivity index (χ1n) is 5.92.